The normalized spacial score (nSPS) is 15.5. The third-order valence-corrected chi connectivity index (χ3v) is 5.44. The summed E-state index contributed by atoms with van der Waals surface area (Å²) in [5.41, 5.74) is 1.07. The third kappa shape index (κ3) is 3.12. The predicted octanol–water partition coefficient (Wildman–Crippen LogP) is 2.21. The molecule has 2 aromatic heterocycles. The number of amides is 1. The van der Waals surface area contributed by atoms with Gasteiger partial charge >= 0.3 is 0 Å². The zero-order valence-corrected chi connectivity index (χ0v) is 15.2. The van der Waals surface area contributed by atoms with Gasteiger partial charge in [-0.05, 0) is 31.9 Å². The summed E-state index contributed by atoms with van der Waals surface area (Å²) < 4.78 is 1.64. The lowest BCUT2D eigenvalue weighted by Gasteiger charge is -2.19. The molecule has 3 heterocycles. The molecule has 1 fully saturated rings. The van der Waals surface area contributed by atoms with Crippen molar-refractivity contribution in [3.8, 4) is 5.69 Å². The maximum atomic E-state index is 12.5. The standard InChI is InChI=1S/C18H19N5O2S/c1-12(17(25)22-9-5-6-10-22)26-18-20-15-14(16(24)21-18)11-19-23(15)13-7-3-2-4-8-13/h2-4,7-8,11-12H,5-6,9-10H2,1H3,(H,20,21,24). The van der Waals surface area contributed by atoms with Gasteiger partial charge in [0.15, 0.2) is 10.8 Å². The molecule has 134 valence electrons. The molecule has 3 aromatic rings. The number of carbonyl (C=O) groups is 1. The summed E-state index contributed by atoms with van der Waals surface area (Å²) in [4.78, 5) is 34.1. The van der Waals surface area contributed by atoms with Crippen LogP contribution in [0.4, 0.5) is 0 Å². The van der Waals surface area contributed by atoms with Gasteiger partial charge in [0.05, 0.1) is 17.1 Å². The highest BCUT2D eigenvalue weighted by atomic mass is 32.2. The molecule has 1 amide bonds. The maximum Gasteiger partial charge on any atom is 0.262 e. The zero-order valence-electron chi connectivity index (χ0n) is 14.4. The molecule has 8 heteroatoms. The van der Waals surface area contributed by atoms with Gasteiger partial charge < -0.3 is 9.88 Å². The highest BCUT2D eigenvalue weighted by molar-refractivity contribution is 8.00. The van der Waals surface area contributed by atoms with Crippen LogP contribution >= 0.6 is 11.8 Å². The summed E-state index contributed by atoms with van der Waals surface area (Å²) in [6.45, 7) is 3.48. The minimum absolute atomic E-state index is 0.0896. The fraction of sp³-hybridized carbons (Fsp3) is 0.333. The Balaban J connectivity index is 1.66. The van der Waals surface area contributed by atoms with Crippen LogP contribution in [-0.4, -0.2) is 48.9 Å². The van der Waals surface area contributed by atoms with E-state index in [0.29, 0.717) is 16.2 Å². The number of carbonyl (C=O) groups excluding carboxylic acids is 1. The van der Waals surface area contributed by atoms with Crippen LogP contribution in [0, 0.1) is 0 Å². The number of H-pyrrole nitrogens is 1. The number of para-hydroxylation sites is 1. The van der Waals surface area contributed by atoms with Crippen LogP contribution in [0.15, 0.2) is 46.5 Å². The smallest absolute Gasteiger partial charge is 0.262 e. The molecule has 0 bridgehead atoms. The number of hydrogen-bond donors (Lipinski definition) is 1. The van der Waals surface area contributed by atoms with E-state index < -0.39 is 0 Å². The summed E-state index contributed by atoms with van der Waals surface area (Å²) in [7, 11) is 0. The Bertz CT molecular complexity index is 992. The Kier molecular flexibility index (Phi) is 4.50. The van der Waals surface area contributed by atoms with Gasteiger partial charge in [0.25, 0.3) is 5.56 Å². The summed E-state index contributed by atoms with van der Waals surface area (Å²) in [5.74, 6) is 0.0896. The highest BCUT2D eigenvalue weighted by Crippen LogP contribution is 2.24. The number of hydrogen-bond acceptors (Lipinski definition) is 5. The molecule has 0 radical (unpaired) electrons. The van der Waals surface area contributed by atoms with Crippen molar-refractivity contribution in [3.63, 3.8) is 0 Å². The summed E-state index contributed by atoms with van der Waals surface area (Å²) in [6.07, 6.45) is 3.63. The first-order valence-electron chi connectivity index (χ1n) is 8.62. The van der Waals surface area contributed by atoms with Crippen LogP contribution in [0.5, 0.6) is 0 Å². The molecule has 0 aliphatic carbocycles. The Morgan fingerprint density at radius 2 is 1.96 bits per heavy atom. The van der Waals surface area contributed by atoms with Gasteiger partial charge in [0.1, 0.15) is 5.39 Å². The van der Waals surface area contributed by atoms with E-state index in [9.17, 15) is 9.59 Å². The van der Waals surface area contributed by atoms with E-state index in [2.05, 4.69) is 15.1 Å². The van der Waals surface area contributed by atoms with Gasteiger partial charge in [-0.3, -0.25) is 9.59 Å². The first-order chi connectivity index (χ1) is 12.6. The van der Waals surface area contributed by atoms with Crippen LogP contribution in [0.25, 0.3) is 16.7 Å². The quantitative estimate of drug-likeness (QED) is 0.563. The van der Waals surface area contributed by atoms with Crippen LogP contribution in [-0.2, 0) is 4.79 Å². The molecule has 1 atom stereocenters. The Labute approximate surface area is 154 Å². The molecule has 4 rings (SSSR count). The monoisotopic (exact) mass is 369 g/mol. The average Bonchev–Trinajstić information content (AvgIpc) is 3.32. The van der Waals surface area contributed by atoms with Crippen molar-refractivity contribution in [1.82, 2.24) is 24.6 Å². The molecule has 7 nitrogen and oxygen atoms in total. The number of nitrogens with one attached hydrogen (secondary N) is 1. The molecular formula is C18H19N5O2S. The van der Waals surface area contributed by atoms with Crippen molar-refractivity contribution < 1.29 is 4.79 Å². The molecule has 1 unspecified atom stereocenters. The van der Waals surface area contributed by atoms with Crippen molar-refractivity contribution >= 4 is 28.7 Å². The number of rotatable bonds is 4. The number of thioether (sulfide) groups is 1. The van der Waals surface area contributed by atoms with Gasteiger partial charge in [-0.15, -0.1) is 0 Å². The second kappa shape index (κ2) is 6.95. The van der Waals surface area contributed by atoms with Gasteiger partial charge in [-0.25, -0.2) is 9.67 Å². The van der Waals surface area contributed by atoms with Crippen molar-refractivity contribution in [2.24, 2.45) is 0 Å². The summed E-state index contributed by atoms with van der Waals surface area (Å²) in [5, 5.41) is 4.85. The number of nitrogens with zero attached hydrogens (tertiary/aromatic N) is 4. The van der Waals surface area contributed by atoms with Gasteiger partial charge in [0, 0.05) is 13.1 Å². The number of aromatic amines is 1. The molecule has 26 heavy (non-hydrogen) atoms. The first kappa shape index (κ1) is 16.8. The number of fused-ring (bicyclic) bond motifs is 1. The average molecular weight is 369 g/mol. The topological polar surface area (TPSA) is 83.9 Å². The molecule has 1 aliphatic heterocycles. The van der Waals surface area contributed by atoms with E-state index >= 15 is 0 Å². The number of benzene rings is 1. The lowest BCUT2D eigenvalue weighted by Crippen LogP contribution is -2.34. The molecule has 0 spiro atoms. The van der Waals surface area contributed by atoms with Crippen molar-refractivity contribution in [3.05, 3.63) is 46.9 Å². The van der Waals surface area contributed by atoms with E-state index in [1.165, 1.54) is 18.0 Å². The van der Waals surface area contributed by atoms with Gasteiger partial charge in [-0.2, -0.15) is 5.10 Å². The number of likely N-dealkylation sites (tertiary alicyclic amines) is 1. The lowest BCUT2D eigenvalue weighted by molar-refractivity contribution is -0.129. The SMILES string of the molecule is CC(Sc1nc2c(cnn2-c2ccccc2)c(=O)[nH]1)C(=O)N1CCCC1. The molecule has 1 aliphatic rings. The number of aromatic nitrogens is 4. The van der Waals surface area contributed by atoms with E-state index in [-0.39, 0.29) is 16.7 Å². The molecule has 0 saturated carbocycles. The lowest BCUT2D eigenvalue weighted by atomic mass is 10.3. The van der Waals surface area contributed by atoms with Gasteiger partial charge in [-0.1, -0.05) is 30.0 Å². The zero-order chi connectivity index (χ0) is 18.1. The molecule has 1 aromatic carbocycles. The van der Waals surface area contributed by atoms with Gasteiger partial charge in [0.2, 0.25) is 5.91 Å². The van der Waals surface area contributed by atoms with Crippen molar-refractivity contribution in [1.29, 1.82) is 0 Å². The van der Waals surface area contributed by atoms with E-state index in [1.807, 2.05) is 42.2 Å². The Morgan fingerprint density at radius 3 is 2.69 bits per heavy atom. The maximum absolute atomic E-state index is 12.5. The molecule has 1 saturated heterocycles. The Hall–Kier alpha value is -2.61. The van der Waals surface area contributed by atoms with Crippen molar-refractivity contribution in [2.75, 3.05) is 13.1 Å². The first-order valence-corrected chi connectivity index (χ1v) is 9.50. The molecular weight excluding hydrogens is 350 g/mol. The minimum Gasteiger partial charge on any atom is -0.342 e. The van der Waals surface area contributed by atoms with Crippen molar-refractivity contribution in [2.45, 2.75) is 30.2 Å². The van der Waals surface area contributed by atoms with Crippen LogP contribution in [0.2, 0.25) is 0 Å². The van der Waals surface area contributed by atoms with Crippen LogP contribution in [0.1, 0.15) is 19.8 Å². The Morgan fingerprint density at radius 1 is 1.23 bits per heavy atom. The molecule has 1 N–H and O–H groups in total. The second-order valence-corrected chi connectivity index (χ2v) is 7.62. The van der Waals surface area contributed by atoms with Crippen LogP contribution in [0.3, 0.4) is 0 Å². The van der Waals surface area contributed by atoms with E-state index in [1.54, 1.807) is 4.68 Å². The van der Waals surface area contributed by atoms with E-state index in [0.717, 1.165) is 31.6 Å². The second-order valence-electron chi connectivity index (χ2n) is 6.29. The summed E-state index contributed by atoms with van der Waals surface area (Å²) >= 11 is 1.28. The van der Waals surface area contributed by atoms with Crippen LogP contribution < -0.4 is 5.56 Å². The van der Waals surface area contributed by atoms with E-state index in [4.69, 9.17) is 0 Å². The largest absolute Gasteiger partial charge is 0.342 e. The predicted molar refractivity (Wildman–Crippen MR) is 101 cm³/mol. The highest BCUT2D eigenvalue weighted by Gasteiger charge is 2.25. The fourth-order valence-corrected chi connectivity index (χ4v) is 4.00. The third-order valence-electron chi connectivity index (χ3n) is 4.47. The summed E-state index contributed by atoms with van der Waals surface area (Å²) in [6, 6.07) is 9.54. The minimum atomic E-state index is -0.304. The fourth-order valence-electron chi connectivity index (χ4n) is 3.12.